The summed E-state index contributed by atoms with van der Waals surface area (Å²) < 4.78 is 6.80. The van der Waals surface area contributed by atoms with Gasteiger partial charge in [-0.2, -0.15) is 0 Å². The molecule has 0 fully saturated rings. The Kier molecular flexibility index (Phi) is 6.29. The van der Waals surface area contributed by atoms with Crippen LogP contribution in [0.25, 0.3) is 10.8 Å². The van der Waals surface area contributed by atoms with Gasteiger partial charge < -0.3 is 4.43 Å². The maximum Gasteiger partial charge on any atom is 0.258 e. The van der Waals surface area contributed by atoms with E-state index in [1.165, 1.54) is 21.9 Å². The van der Waals surface area contributed by atoms with E-state index in [1.54, 1.807) is 0 Å². The van der Waals surface area contributed by atoms with Crippen molar-refractivity contribution in [2.24, 2.45) is 0 Å². The number of hydrogen-bond donors (Lipinski definition) is 0. The summed E-state index contributed by atoms with van der Waals surface area (Å²) in [6.45, 7) is 14.0. The summed E-state index contributed by atoms with van der Waals surface area (Å²) in [4.78, 5) is 0. The van der Waals surface area contributed by atoms with Crippen LogP contribution in [-0.4, -0.2) is 8.32 Å². The van der Waals surface area contributed by atoms with Crippen molar-refractivity contribution in [2.45, 2.75) is 64.6 Å². The third-order valence-corrected chi connectivity index (χ3v) is 12.2. The van der Waals surface area contributed by atoms with Gasteiger partial charge in [-0.25, -0.2) is 0 Å². The van der Waals surface area contributed by atoms with E-state index in [2.05, 4.69) is 108 Å². The average molecular weight is 391 g/mol. The Morgan fingerprint density at radius 2 is 1.25 bits per heavy atom. The first kappa shape index (κ1) is 20.7. The zero-order chi connectivity index (χ0) is 20.3. The Morgan fingerprint density at radius 1 is 0.679 bits per heavy atom. The standard InChI is InChI=1S/C26H34OSi/c1-19(2)28(20(3)4,21(5)6)27-25-16-14-22(15-17-25)18-24-12-9-11-23-10-7-8-13-26(23)24/h7-17,19-21H,18H2,1-6H3. The molecule has 0 saturated heterocycles. The van der Waals surface area contributed by atoms with Crippen molar-refractivity contribution in [3.05, 3.63) is 77.9 Å². The minimum atomic E-state index is -1.90. The zero-order valence-corrected chi connectivity index (χ0v) is 19.2. The maximum absolute atomic E-state index is 6.80. The lowest BCUT2D eigenvalue weighted by molar-refractivity contribution is 0.479. The fourth-order valence-electron chi connectivity index (χ4n) is 4.90. The molecule has 3 rings (SSSR count). The minimum absolute atomic E-state index is 0.586. The van der Waals surface area contributed by atoms with E-state index in [1.807, 2.05) is 0 Å². The van der Waals surface area contributed by atoms with E-state index in [4.69, 9.17) is 4.43 Å². The molecule has 0 aliphatic carbocycles. The van der Waals surface area contributed by atoms with Gasteiger partial charge in [0.05, 0.1) is 0 Å². The summed E-state index contributed by atoms with van der Waals surface area (Å²) in [5.74, 6) is 1.03. The Bertz CT molecular complexity index is 882. The molecular weight excluding hydrogens is 356 g/mol. The smallest absolute Gasteiger partial charge is 0.258 e. The topological polar surface area (TPSA) is 9.23 Å². The highest BCUT2D eigenvalue weighted by molar-refractivity contribution is 6.78. The second kappa shape index (κ2) is 8.53. The molecular formula is C26H34OSi. The van der Waals surface area contributed by atoms with Crippen LogP contribution in [-0.2, 0) is 6.42 Å². The van der Waals surface area contributed by atoms with Crippen molar-refractivity contribution < 1.29 is 4.43 Å². The van der Waals surface area contributed by atoms with Crippen molar-refractivity contribution in [2.75, 3.05) is 0 Å². The van der Waals surface area contributed by atoms with Gasteiger partial charge in [0, 0.05) is 0 Å². The van der Waals surface area contributed by atoms with Crippen LogP contribution in [0.4, 0.5) is 0 Å². The minimum Gasteiger partial charge on any atom is -0.543 e. The molecule has 1 nitrogen and oxygen atoms in total. The van der Waals surface area contributed by atoms with Gasteiger partial charge in [-0.15, -0.1) is 0 Å². The van der Waals surface area contributed by atoms with Crippen molar-refractivity contribution in [3.8, 4) is 5.75 Å². The Morgan fingerprint density at radius 3 is 1.86 bits per heavy atom. The Balaban J connectivity index is 1.83. The average Bonchev–Trinajstić information content (AvgIpc) is 2.67. The summed E-state index contributed by atoms with van der Waals surface area (Å²) in [6.07, 6.45) is 0.947. The third-order valence-electron chi connectivity index (χ3n) is 6.20. The summed E-state index contributed by atoms with van der Waals surface area (Å²) in [5.41, 5.74) is 4.46. The molecule has 0 aromatic heterocycles. The van der Waals surface area contributed by atoms with E-state index in [0.717, 1.165) is 12.2 Å². The molecule has 0 heterocycles. The van der Waals surface area contributed by atoms with E-state index in [-0.39, 0.29) is 0 Å². The van der Waals surface area contributed by atoms with Gasteiger partial charge in [0.25, 0.3) is 8.32 Å². The lowest BCUT2D eigenvalue weighted by Gasteiger charge is -2.42. The monoisotopic (exact) mass is 390 g/mol. The molecule has 0 atom stereocenters. The lowest BCUT2D eigenvalue weighted by Crippen LogP contribution is -2.50. The normalized spacial score (nSPS) is 12.3. The van der Waals surface area contributed by atoms with Crippen LogP contribution in [0, 0.1) is 0 Å². The molecule has 0 N–H and O–H groups in total. The largest absolute Gasteiger partial charge is 0.543 e. The first-order chi connectivity index (χ1) is 13.3. The lowest BCUT2D eigenvalue weighted by atomic mass is 9.98. The number of benzene rings is 3. The maximum atomic E-state index is 6.80. The third kappa shape index (κ3) is 4.02. The van der Waals surface area contributed by atoms with Gasteiger partial charge in [-0.1, -0.05) is 96.1 Å². The van der Waals surface area contributed by atoms with Gasteiger partial charge in [0.2, 0.25) is 0 Å². The quantitative estimate of drug-likeness (QED) is 0.371. The number of fused-ring (bicyclic) bond motifs is 1. The molecule has 0 spiro atoms. The highest BCUT2D eigenvalue weighted by Gasteiger charge is 2.46. The molecule has 0 radical (unpaired) electrons. The summed E-state index contributed by atoms with van der Waals surface area (Å²) in [5, 5.41) is 2.65. The van der Waals surface area contributed by atoms with Crippen LogP contribution < -0.4 is 4.43 Å². The number of rotatable bonds is 7. The molecule has 3 aromatic carbocycles. The fourth-order valence-corrected chi connectivity index (χ4v) is 10.2. The predicted molar refractivity (Wildman–Crippen MR) is 125 cm³/mol. The van der Waals surface area contributed by atoms with Crippen LogP contribution in [0.1, 0.15) is 52.7 Å². The second-order valence-corrected chi connectivity index (χ2v) is 14.3. The molecule has 0 aliphatic heterocycles. The molecule has 148 valence electrons. The second-order valence-electron chi connectivity index (χ2n) is 8.88. The highest BCUT2D eigenvalue weighted by atomic mass is 28.4. The Labute approximate surface area is 171 Å². The van der Waals surface area contributed by atoms with Crippen LogP contribution in [0.2, 0.25) is 16.6 Å². The molecule has 28 heavy (non-hydrogen) atoms. The summed E-state index contributed by atoms with van der Waals surface area (Å²) >= 11 is 0. The number of hydrogen-bond acceptors (Lipinski definition) is 1. The zero-order valence-electron chi connectivity index (χ0n) is 18.2. The molecule has 0 bridgehead atoms. The summed E-state index contributed by atoms with van der Waals surface area (Å²) in [6, 6.07) is 24.0. The van der Waals surface area contributed by atoms with Gasteiger partial charge in [-0.05, 0) is 57.1 Å². The first-order valence-electron chi connectivity index (χ1n) is 10.6. The van der Waals surface area contributed by atoms with Crippen LogP contribution in [0.15, 0.2) is 66.7 Å². The van der Waals surface area contributed by atoms with Gasteiger partial charge >= 0.3 is 0 Å². The highest BCUT2D eigenvalue weighted by Crippen LogP contribution is 2.42. The molecule has 0 saturated carbocycles. The van der Waals surface area contributed by atoms with E-state index < -0.39 is 8.32 Å². The van der Waals surface area contributed by atoms with E-state index in [9.17, 15) is 0 Å². The fraction of sp³-hybridized carbons (Fsp3) is 0.385. The predicted octanol–water partition coefficient (Wildman–Crippen LogP) is 7.98. The van der Waals surface area contributed by atoms with Crippen molar-refractivity contribution >= 4 is 19.1 Å². The van der Waals surface area contributed by atoms with Crippen LogP contribution in [0.5, 0.6) is 5.75 Å². The summed E-state index contributed by atoms with van der Waals surface area (Å²) in [7, 11) is -1.90. The van der Waals surface area contributed by atoms with Crippen molar-refractivity contribution in [1.29, 1.82) is 0 Å². The molecule has 0 amide bonds. The van der Waals surface area contributed by atoms with Crippen LogP contribution >= 0.6 is 0 Å². The molecule has 3 aromatic rings. The van der Waals surface area contributed by atoms with Crippen molar-refractivity contribution in [3.63, 3.8) is 0 Å². The SMILES string of the molecule is CC(C)[Si](Oc1ccc(Cc2cccc3ccccc23)cc1)(C(C)C)C(C)C. The van der Waals surface area contributed by atoms with Gasteiger partial charge in [0.15, 0.2) is 0 Å². The molecule has 2 heteroatoms. The Hall–Kier alpha value is -2.06. The molecule has 0 aliphatic rings. The van der Waals surface area contributed by atoms with Gasteiger partial charge in [-0.3, -0.25) is 0 Å². The van der Waals surface area contributed by atoms with E-state index in [0.29, 0.717) is 16.6 Å². The molecule has 0 unspecified atom stereocenters. The van der Waals surface area contributed by atoms with Crippen LogP contribution in [0.3, 0.4) is 0 Å². The van der Waals surface area contributed by atoms with Gasteiger partial charge in [0.1, 0.15) is 5.75 Å². The van der Waals surface area contributed by atoms with Crippen molar-refractivity contribution in [1.82, 2.24) is 0 Å². The first-order valence-corrected chi connectivity index (χ1v) is 12.7. The van der Waals surface area contributed by atoms with E-state index >= 15 is 0 Å².